The lowest BCUT2D eigenvalue weighted by molar-refractivity contribution is -0.124. The lowest BCUT2D eigenvalue weighted by atomic mass is 10.1. The minimum Gasteiger partial charge on any atom is -0.359 e. The molecule has 2 aromatic rings. The van der Waals surface area contributed by atoms with E-state index in [2.05, 4.69) is 10.0 Å². The van der Waals surface area contributed by atoms with Gasteiger partial charge in [-0.25, -0.2) is 21.9 Å². The first-order valence-electron chi connectivity index (χ1n) is 8.59. The first-order valence-corrected chi connectivity index (χ1v) is 10.1. The maximum atomic E-state index is 13.9. The Morgan fingerprint density at radius 3 is 2.41 bits per heavy atom. The molecule has 0 saturated heterocycles. The van der Waals surface area contributed by atoms with Crippen LogP contribution >= 0.6 is 0 Å². The summed E-state index contributed by atoms with van der Waals surface area (Å²) in [5, 5.41) is 2.58. The predicted octanol–water partition coefficient (Wildman–Crippen LogP) is 2.82. The van der Waals surface area contributed by atoms with Crippen LogP contribution in [0, 0.1) is 17.6 Å². The summed E-state index contributed by atoms with van der Waals surface area (Å²) in [5.74, 6) is -1.66. The molecule has 0 heterocycles. The van der Waals surface area contributed by atoms with Gasteiger partial charge in [-0.2, -0.15) is 0 Å². The summed E-state index contributed by atoms with van der Waals surface area (Å²) in [6.07, 6.45) is 1.68. The van der Waals surface area contributed by atoms with Crippen LogP contribution in [0.3, 0.4) is 0 Å². The molecule has 144 valence electrons. The lowest BCUT2D eigenvalue weighted by Gasteiger charge is -2.14. The molecule has 0 aromatic heterocycles. The van der Waals surface area contributed by atoms with E-state index >= 15 is 0 Å². The topological polar surface area (TPSA) is 75.3 Å². The molecule has 2 aromatic carbocycles. The minimum absolute atomic E-state index is 0.0529. The van der Waals surface area contributed by atoms with Crippen LogP contribution in [-0.2, 0) is 14.8 Å². The van der Waals surface area contributed by atoms with Gasteiger partial charge in [0.1, 0.15) is 11.6 Å². The Labute approximate surface area is 156 Å². The van der Waals surface area contributed by atoms with Gasteiger partial charge < -0.3 is 5.32 Å². The fourth-order valence-corrected chi connectivity index (χ4v) is 4.64. The number of rotatable bonds is 5. The third-order valence-corrected chi connectivity index (χ3v) is 6.31. The molecule has 1 fully saturated rings. The lowest BCUT2D eigenvalue weighted by Crippen LogP contribution is -2.34. The van der Waals surface area contributed by atoms with E-state index in [4.69, 9.17) is 0 Å². The summed E-state index contributed by atoms with van der Waals surface area (Å²) >= 11 is 0. The molecule has 0 spiro atoms. The Hall–Kier alpha value is -2.32. The van der Waals surface area contributed by atoms with Crippen molar-refractivity contribution >= 4 is 15.9 Å². The number of nitrogens with one attached hydrogen (secondary N) is 2. The van der Waals surface area contributed by atoms with Crippen molar-refractivity contribution < 1.29 is 22.0 Å². The van der Waals surface area contributed by atoms with Crippen molar-refractivity contribution in [3.8, 4) is 11.1 Å². The number of carbonyl (C=O) groups is 1. The van der Waals surface area contributed by atoms with Crippen LogP contribution in [0.5, 0.6) is 0 Å². The van der Waals surface area contributed by atoms with Crippen LogP contribution in [0.2, 0.25) is 0 Å². The normalized spacial score (nSPS) is 19.8. The van der Waals surface area contributed by atoms with Crippen LogP contribution in [0.25, 0.3) is 11.1 Å². The molecule has 0 radical (unpaired) electrons. The summed E-state index contributed by atoms with van der Waals surface area (Å²) in [6, 6.07) is 8.66. The zero-order valence-electron chi connectivity index (χ0n) is 14.7. The number of hydrogen-bond acceptors (Lipinski definition) is 3. The van der Waals surface area contributed by atoms with Crippen LogP contribution in [0.4, 0.5) is 8.78 Å². The highest BCUT2D eigenvalue weighted by molar-refractivity contribution is 7.89. The van der Waals surface area contributed by atoms with E-state index in [1.54, 1.807) is 7.05 Å². The molecule has 2 unspecified atom stereocenters. The Kier molecular flexibility index (Phi) is 5.57. The average Bonchev–Trinajstić information content (AvgIpc) is 3.09. The van der Waals surface area contributed by atoms with Crippen molar-refractivity contribution in [3.05, 3.63) is 54.1 Å². The summed E-state index contributed by atoms with van der Waals surface area (Å²) in [7, 11) is -2.19. The number of benzene rings is 2. The molecule has 5 nitrogen and oxygen atoms in total. The van der Waals surface area contributed by atoms with E-state index in [1.807, 2.05) is 0 Å². The van der Waals surface area contributed by atoms with E-state index in [-0.39, 0.29) is 28.3 Å². The van der Waals surface area contributed by atoms with Crippen molar-refractivity contribution in [2.45, 2.75) is 30.2 Å². The van der Waals surface area contributed by atoms with Crippen molar-refractivity contribution in [1.29, 1.82) is 0 Å². The molecule has 3 rings (SSSR count). The number of hydrogen-bond donors (Lipinski definition) is 2. The summed E-state index contributed by atoms with van der Waals surface area (Å²) in [4.78, 5) is 11.7. The predicted molar refractivity (Wildman–Crippen MR) is 97.3 cm³/mol. The molecular formula is C19H20F2N2O3S. The fourth-order valence-electron chi connectivity index (χ4n) is 3.36. The van der Waals surface area contributed by atoms with E-state index in [9.17, 15) is 22.0 Å². The number of carbonyl (C=O) groups excluding carboxylic acids is 1. The number of halogens is 2. The largest absolute Gasteiger partial charge is 0.359 e. The molecule has 2 N–H and O–H groups in total. The Morgan fingerprint density at radius 2 is 1.78 bits per heavy atom. The zero-order chi connectivity index (χ0) is 19.6. The standard InChI is InChI=1S/C19H20F2N2O3S/c1-22-19(24)13-2-6-15(10-13)23-27(25,26)16-7-3-12(4-8-16)17-9-5-14(20)11-18(17)21/h3-5,7-9,11,13,15,23H,2,6,10H2,1H3,(H,22,24). The average molecular weight is 394 g/mol. The summed E-state index contributed by atoms with van der Waals surface area (Å²) in [6.45, 7) is 0. The number of sulfonamides is 1. The molecule has 2 atom stereocenters. The monoisotopic (exact) mass is 394 g/mol. The third kappa shape index (κ3) is 4.33. The van der Waals surface area contributed by atoms with Gasteiger partial charge in [0.15, 0.2) is 0 Å². The van der Waals surface area contributed by atoms with Crippen LogP contribution in [0.15, 0.2) is 47.4 Å². The second-order valence-corrected chi connectivity index (χ2v) is 8.30. The second-order valence-electron chi connectivity index (χ2n) is 6.59. The molecule has 0 aliphatic heterocycles. The molecular weight excluding hydrogens is 374 g/mol. The van der Waals surface area contributed by atoms with Gasteiger partial charge in [-0.1, -0.05) is 12.1 Å². The van der Waals surface area contributed by atoms with Crippen LogP contribution in [0.1, 0.15) is 19.3 Å². The van der Waals surface area contributed by atoms with Gasteiger partial charge in [0.2, 0.25) is 15.9 Å². The highest BCUT2D eigenvalue weighted by Gasteiger charge is 2.32. The molecule has 1 aliphatic carbocycles. The molecule has 0 bridgehead atoms. The van der Waals surface area contributed by atoms with Gasteiger partial charge >= 0.3 is 0 Å². The van der Waals surface area contributed by atoms with Gasteiger partial charge in [0, 0.05) is 30.6 Å². The summed E-state index contributed by atoms with van der Waals surface area (Å²) < 4.78 is 54.6. The quantitative estimate of drug-likeness (QED) is 0.819. The fraction of sp³-hybridized carbons (Fsp3) is 0.316. The Bertz CT molecular complexity index is 946. The van der Waals surface area contributed by atoms with Gasteiger partial charge in [0.05, 0.1) is 4.90 Å². The molecule has 8 heteroatoms. The van der Waals surface area contributed by atoms with Crippen molar-refractivity contribution in [2.24, 2.45) is 5.92 Å². The molecule has 1 aliphatic rings. The van der Waals surface area contributed by atoms with E-state index < -0.39 is 21.7 Å². The van der Waals surface area contributed by atoms with Gasteiger partial charge in [-0.15, -0.1) is 0 Å². The van der Waals surface area contributed by atoms with E-state index in [1.165, 1.54) is 30.3 Å². The van der Waals surface area contributed by atoms with Crippen molar-refractivity contribution in [1.82, 2.24) is 10.0 Å². The van der Waals surface area contributed by atoms with E-state index in [0.717, 1.165) is 12.1 Å². The van der Waals surface area contributed by atoms with Crippen molar-refractivity contribution in [3.63, 3.8) is 0 Å². The van der Waals surface area contributed by atoms with Crippen molar-refractivity contribution in [2.75, 3.05) is 7.05 Å². The van der Waals surface area contributed by atoms with Crippen LogP contribution < -0.4 is 10.0 Å². The molecule has 27 heavy (non-hydrogen) atoms. The molecule has 1 saturated carbocycles. The highest BCUT2D eigenvalue weighted by atomic mass is 32.2. The third-order valence-electron chi connectivity index (χ3n) is 4.78. The number of amides is 1. The van der Waals surface area contributed by atoms with Crippen LogP contribution in [-0.4, -0.2) is 27.4 Å². The SMILES string of the molecule is CNC(=O)C1CCC(NS(=O)(=O)c2ccc(-c3ccc(F)cc3F)cc2)C1. The first-order chi connectivity index (χ1) is 12.8. The molecule has 1 amide bonds. The maximum absolute atomic E-state index is 13.9. The highest BCUT2D eigenvalue weighted by Crippen LogP contribution is 2.28. The maximum Gasteiger partial charge on any atom is 0.240 e. The van der Waals surface area contributed by atoms with Gasteiger partial charge in [-0.05, 0) is 49.1 Å². The first kappa shape index (κ1) is 19.4. The van der Waals surface area contributed by atoms with Gasteiger partial charge in [-0.3, -0.25) is 4.79 Å². The van der Waals surface area contributed by atoms with E-state index in [0.29, 0.717) is 24.8 Å². The minimum atomic E-state index is -3.75. The zero-order valence-corrected chi connectivity index (χ0v) is 15.5. The Balaban J connectivity index is 1.73. The Morgan fingerprint density at radius 1 is 1.07 bits per heavy atom. The second kappa shape index (κ2) is 7.74. The smallest absolute Gasteiger partial charge is 0.240 e. The van der Waals surface area contributed by atoms with Gasteiger partial charge in [0.25, 0.3) is 0 Å². The summed E-state index contributed by atoms with van der Waals surface area (Å²) in [5.41, 5.74) is 0.643.